The third kappa shape index (κ3) is 3.74. The first-order valence-electron chi connectivity index (χ1n) is 7.26. The van der Waals surface area contributed by atoms with Crippen LogP contribution in [0.25, 0.3) is 0 Å². The van der Waals surface area contributed by atoms with Crippen LogP contribution in [0, 0.1) is 17.2 Å². The molecule has 1 aliphatic rings. The van der Waals surface area contributed by atoms with E-state index in [1.807, 2.05) is 13.0 Å². The smallest absolute Gasteiger partial charge is 0.242 e. The van der Waals surface area contributed by atoms with E-state index in [0.717, 1.165) is 25.7 Å². The molecule has 1 aromatic rings. The highest BCUT2D eigenvalue weighted by atomic mass is 32.2. The van der Waals surface area contributed by atoms with Crippen molar-refractivity contribution < 1.29 is 8.42 Å². The van der Waals surface area contributed by atoms with E-state index in [2.05, 4.69) is 4.72 Å². The van der Waals surface area contributed by atoms with Gasteiger partial charge in [-0.25, -0.2) is 13.1 Å². The molecule has 1 aromatic carbocycles. The molecule has 1 saturated carbocycles. The number of nitrogens with two attached hydrogens (primary N) is 1. The molecule has 0 saturated heterocycles. The van der Waals surface area contributed by atoms with Crippen LogP contribution in [-0.2, 0) is 10.0 Å². The van der Waals surface area contributed by atoms with Gasteiger partial charge in [-0.2, -0.15) is 5.26 Å². The Morgan fingerprint density at radius 2 is 2.00 bits per heavy atom. The second-order valence-electron chi connectivity index (χ2n) is 5.67. The van der Waals surface area contributed by atoms with Gasteiger partial charge in [0.05, 0.1) is 17.3 Å². The molecule has 0 aliphatic heterocycles. The number of nitrogens with one attached hydrogen (secondary N) is 1. The van der Waals surface area contributed by atoms with E-state index in [4.69, 9.17) is 11.0 Å². The van der Waals surface area contributed by atoms with Crippen LogP contribution in [0.2, 0.25) is 0 Å². The van der Waals surface area contributed by atoms with E-state index in [1.165, 1.54) is 24.6 Å². The predicted octanol–water partition coefficient (Wildman–Crippen LogP) is 2.39. The molecule has 5 nitrogen and oxygen atoms in total. The van der Waals surface area contributed by atoms with Crippen LogP contribution in [0.5, 0.6) is 0 Å². The van der Waals surface area contributed by atoms with Crippen LogP contribution in [0.3, 0.4) is 0 Å². The standard InChI is InChI=1S/C15H21N3O2S/c1-11(13-5-3-2-4-6-13)18-21(19,20)15-8-7-12(10-16)9-14(15)17/h7-9,11,13,18H,2-6,17H2,1H3. The van der Waals surface area contributed by atoms with Gasteiger partial charge in [0.25, 0.3) is 0 Å². The first-order valence-corrected chi connectivity index (χ1v) is 8.74. The van der Waals surface area contributed by atoms with E-state index < -0.39 is 10.0 Å². The number of hydrogen-bond acceptors (Lipinski definition) is 4. The number of nitrogens with zero attached hydrogens (tertiary/aromatic N) is 1. The fraction of sp³-hybridized carbons (Fsp3) is 0.533. The molecule has 0 amide bonds. The normalized spacial score (nSPS) is 18.1. The van der Waals surface area contributed by atoms with Gasteiger partial charge in [0.2, 0.25) is 10.0 Å². The molecule has 3 N–H and O–H groups in total. The summed E-state index contributed by atoms with van der Waals surface area (Å²) in [4.78, 5) is 0.0455. The minimum atomic E-state index is -3.65. The number of nitriles is 1. The fourth-order valence-corrected chi connectivity index (χ4v) is 4.33. The quantitative estimate of drug-likeness (QED) is 0.835. The molecule has 2 rings (SSSR count). The monoisotopic (exact) mass is 307 g/mol. The number of benzene rings is 1. The Bertz CT molecular complexity index is 643. The number of anilines is 1. The zero-order valence-electron chi connectivity index (χ0n) is 12.2. The number of rotatable bonds is 4. The van der Waals surface area contributed by atoms with Crippen LogP contribution in [-0.4, -0.2) is 14.5 Å². The second kappa shape index (κ2) is 6.46. The highest BCUT2D eigenvalue weighted by Crippen LogP contribution is 2.28. The van der Waals surface area contributed by atoms with Crippen LogP contribution in [0.4, 0.5) is 5.69 Å². The maximum absolute atomic E-state index is 12.4. The van der Waals surface area contributed by atoms with E-state index in [0.29, 0.717) is 11.5 Å². The number of nitrogen functional groups attached to an aromatic ring is 1. The molecule has 1 unspecified atom stereocenters. The average Bonchev–Trinajstić information content (AvgIpc) is 2.47. The average molecular weight is 307 g/mol. The summed E-state index contributed by atoms with van der Waals surface area (Å²) in [6.45, 7) is 1.91. The van der Waals surface area contributed by atoms with Crippen LogP contribution in [0.15, 0.2) is 23.1 Å². The van der Waals surface area contributed by atoms with Gasteiger partial charge in [-0.1, -0.05) is 19.3 Å². The van der Waals surface area contributed by atoms with E-state index >= 15 is 0 Å². The Morgan fingerprint density at radius 1 is 1.33 bits per heavy atom. The van der Waals surface area contributed by atoms with E-state index in [9.17, 15) is 8.42 Å². The van der Waals surface area contributed by atoms with Crippen LogP contribution in [0.1, 0.15) is 44.6 Å². The first-order chi connectivity index (χ1) is 9.94. The molecule has 1 atom stereocenters. The molecule has 0 radical (unpaired) electrons. The molecular weight excluding hydrogens is 286 g/mol. The van der Waals surface area contributed by atoms with Crippen molar-refractivity contribution >= 4 is 15.7 Å². The van der Waals surface area contributed by atoms with Crippen LogP contribution >= 0.6 is 0 Å². The summed E-state index contributed by atoms with van der Waals surface area (Å²) in [5.74, 6) is 0.383. The Labute approximate surface area is 126 Å². The van der Waals surface area contributed by atoms with Crippen LogP contribution < -0.4 is 10.5 Å². The number of sulfonamides is 1. The minimum absolute atomic E-state index is 0.0455. The molecule has 114 valence electrons. The summed E-state index contributed by atoms with van der Waals surface area (Å²) in [6.07, 6.45) is 5.68. The lowest BCUT2D eigenvalue weighted by molar-refractivity contribution is 0.303. The van der Waals surface area contributed by atoms with E-state index in [1.54, 1.807) is 0 Å². The lowest BCUT2D eigenvalue weighted by Gasteiger charge is -2.28. The molecule has 0 bridgehead atoms. The van der Waals surface area contributed by atoms with Crippen molar-refractivity contribution in [2.24, 2.45) is 5.92 Å². The predicted molar refractivity (Wildman–Crippen MR) is 81.9 cm³/mol. The topological polar surface area (TPSA) is 96.0 Å². The van der Waals surface area contributed by atoms with Crippen molar-refractivity contribution in [2.45, 2.75) is 50.0 Å². The minimum Gasteiger partial charge on any atom is -0.398 e. The molecule has 6 heteroatoms. The van der Waals surface area contributed by atoms with Crippen molar-refractivity contribution in [3.05, 3.63) is 23.8 Å². The maximum atomic E-state index is 12.4. The van der Waals surface area contributed by atoms with Gasteiger partial charge in [0.1, 0.15) is 4.90 Å². The first kappa shape index (κ1) is 15.8. The lowest BCUT2D eigenvalue weighted by atomic mass is 9.85. The summed E-state index contributed by atoms with van der Waals surface area (Å²) < 4.78 is 27.6. The van der Waals surface area contributed by atoms with Crippen molar-refractivity contribution in [1.29, 1.82) is 5.26 Å². The Hall–Kier alpha value is -1.58. The zero-order valence-corrected chi connectivity index (χ0v) is 13.0. The van der Waals surface area contributed by atoms with Crippen molar-refractivity contribution in [3.63, 3.8) is 0 Å². The largest absolute Gasteiger partial charge is 0.398 e. The number of hydrogen-bond donors (Lipinski definition) is 2. The van der Waals surface area contributed by atoms with E-state index in [-0.39, 0.29) is 16.6 Å². The molecule has 0 aromatic heterocycles. The van der Waals surface area contributed by atoms with Gasteiger partial charge in [-0.15, -0.1) is 0 Å². The van der Waals surface area contributed by atoms with Crippen molar-refractivity contribution in [1.82, 2.24) is 4.72 Å². The fourth-order valence-electron chi connectivity index (χ4n) is 2.90. The summed E-state index contributed by atoms with van der Waals surface area (Å²) >= 11 is 0. The second-order valence-corrected chi connectivity index (χ2v) is 7.35. The van der Waals surface area contributed by atoms with Gasteiger partial charge in [0, 0.05) is 6.04 Å². The summed E-state index contributed by atoms with van der Waals surface area (Å²) in [6, 6.07) is 6.09. The van der Waals surface area contributed by atoms with Crippen molar-refractivity contribution in [2.75, 3.05) is 5.73 Å². The Kier molecular flexibility index (Phi) is 4.86. The van der Waals surface area contributed by atoms with Crippen molar-refractivity contribution in [3.8, 4) is 6.07 Å². The highest BCUT2D eigenvalue weighted by molar-refractivity contribution is 7.89. The Balaban J connectivity index is 2.16. The lowest BCUT2D eigenvalue weighted by Crippen LogP contribution is -2.39. The molecule has 0 spiro atoms. The summed E-state index contributed by atoms with van der Waals surface area (Å²) in [7, 11) is -3.65. The third-order valence-electron chi connectivity index (χ3n) is 4.13. The SMILES string of the molecule is CC(NS(=O)(=O)c1ccc(C#N)cc1N)C1CCCCC1. The van der Waals surface area contributed by atoms with Gasteiger partial charge >= 0.3 is 0 Å². The highest BCUT2D eigenvalue weighted by Gasteiger charge is 2.26. The summed E-state index contributed by atoms with van der Waals surface area (Å²) in [5.41, 5.74) is 6.23. The molecule has 1 fully saturated rings. The third-order valence-corrected chi connectivity index (χ3v) is 5.76. The Morgan fingerprint density at radius 3 is 2.57 bits per heavy atom. The molecule has 0 heterocycles. The van der Waals surface area contributed by atoms with Gasteiger partial charge in [0.15, 0.2) is 0 Å². The molecule has 21 heavy (non-hydrogen) atoms. The maximum Gasteiger partial charge on any atom is 0.242 e. The van der Waals surface area contributed by atoms with Gasteiger partial charge < -0.3 is 5.73 Å². The summed E-state index contributed by atoms with van der Waals surface area (Å²) in [5, 5.41) is 8.80. The van der Waals surface area contributed by atoms with Gasteiger partial charge in [-0.05, 0) is 43.9 Å². The van der Waals surface area contributed by atoms with Gasteiger partial charge in [-0.3, -0.25) is 0 Å². The molecular formula is C15H21N3O2S. The zero-order chi connectivity index (χ0) is 15.5. The molecule has 1 aliphatic carbocycles.